The Morgan fingerprint density at radius 2 is 1.56 bits per heavy atom. The van der Waals surface area contributed by atoms with Crippen molar-refractivity contribution >= 4 is 49.5 Å². The topological polar surface area (TPSA) is 51.2 Å². The van der Waals surface area contributed by atoms with Crippen molar-refractivity contribution in [1.82, 2.24) is 0 Å². The van der Waals surface area contributed by atoms with Crippen molar-refractivity contribution in [3.63, 3.8) is 0 Å². The number of thiophene rings is 1. The van der Waals surface area contributed by atoms with Gasteiger partial charge in [-0.25, -0.2) is 8.42 Å². The van der Waals surface area contributed by atoms with Gasteiger partial charge in [0.25, 0.3) is 0 Å². The predicted octanol–water partition coefficient (Wildman–Crippen LogP) is 5.15. The quantitative estimate of drug-likeness (QED) is 0.460. The summed E-state index contributed by atoms with van der Waals surface area (Å²) in [5.74, 6) is 0.267. The highest BCUT2D eigenvalue weighted by Gasteiger charge is 2.26. The summed E-state index contributed by atoms with van der Waals surface area (Å²) in [6, 6.07) is 15.4. The average molecular weight is 508 g/mol. The average Bonchev–Trinajstić information content (AvgIpc) is 3.00. The van der Waals surface area contributed by atoms with Crippen LogP contribution in [-0.2, 0) is 27.5 Å². The lowest BCUT2D eigenvalue weighted by atomic mass is 9.89. The maximum atomic E-state index is 12.1. The van der Waals surface area contributed by atoms with Crippen molar-refractivity contribution in [1.29, 1.82) is 0 Å². The first-order valence-electron chi connectivity index (χ1n) is 8.55. The molecule has 0 N–H and O–H groups in total. The molecule has 0 aliphatic heterocycles. The van der Waals surface area contributed by atoms with E-state index in [1.165, 1.54) is 14.7 Å². The number of hydrogen-bond acceptors (Lipinski definition) is 4. The van der Waals surface area contributed by atoms with E-state index in [0.29, 0.717) is 17.7 Å². The van der Waals surface area contributed by atoms with Gasteiger partial charge in [0, 0.05) is 38.0 Å². The molecule has 138 valence electrons. The second-order valence-corrected chi connectivity index (χ2v) is 11.1. The lowest BCUT2D eigenvalue weighted by Crippen LogP contribution is -2.11. The smallest absolute Gasteiger partial charge is 0.175 e. The lowest BCUT2D eigenvalue weighted by Gasteiger charge is -2.13. The van der Waals surface area contributed by atoms with Crippen molar-refractivity contribution in [3.05, 3.63) is 62.5 Å². The Hall–Kier alpha value is -1.51. The fourth-order valence-electron chi connectivity index (χ4n) is 3.42. The van der Waals surface area contributed by atoms with Crippen LogP contribution in [0, 0.1) is 3.57 Å². The Balaban J connectivity index is 1.91. The molecular formula is C21H17IO3S2. The van der Waals surface area contributed by atoms with Crippen LogP contribution in [-0.4, -0.2) is 20.5 Å². The largest absolute Gasteiger partial charge is 0.299 e. The molecule has 1 aliphatic rings. The third-order valence-electron chi connectivity index (χ3n) is 4.77. The standard InChI is InChI=1S/C21H17IO3S2/c1-27(24,25)17-9-4-13(5-10-17)20-18-12-16(23)8-11-19(18)26-21(20)14-2-6-15(22)7-3-14/h2-7,9-10H,8,11-12H2,1H3. The maximum Gasteiger partial charge on any atom is 0.175 e. The summed E-state index contributed by atoms with van der Waals surface area (Å²) in [4.78, 5) is 14.8. The van der Waals surface area contributed by atoms with Crippen molar-refractivity contribution in [2.24, 2.45) is 0 Å². The number of Topliss-reactive ketones (excluding diaryl/α,β-unsaturated/α-hetero) is 1. The Kier molecular flexibility index (Phi) is 4.98. The van der Waals surface area contributed by atoms with Crippen molar-refractivity contribution < 1.29 is 13.2 Å². The first kappa shape index (κ1) is 18.8. The van der Waals surface area contributed by atoms with Crippen LogP contribution in [0.25, 0.3) is 21.6 Å². The van der Waals surface area contributed by atoms with E-state index >= 15 is 0 Å². The number of benzene rings is 2. The second-order valence-electron chi connectivity index (χ2n) is 6.73. The molecule has 4 rings (SSSR count). The van der Waals surface area contributed by atoms with Crippen LogP contribution in [0.2, 0.25) is 0 Å². The zero-order valence-electron chi connectivity index (χ0n) is 14.7. The molecule has 0 atom stereocenters. The van der Waals surface area contributed by atoms with E-state index in [-0.39, 0.29) is 5.78 Å². The molecule has 0 radical (unpaired) electrons. The third kappa shape index (κ3) is 3.75. The van der Waals surface area contributed by atoms with Crippen LogP contribution in [0.1, 0.15) is 16.9 Å². The molecule has 27 heavy (non-hydrogen) atoms. The summed E-state index contributed by atoms with van der Waals surface area (Å²) in [5.41, 5.74) is 4.27. The number of ketones is 1. The Morgan fingerprint density at radius 3 is 2.19 bits per heavy atom. The Labute approximate surface area is 176 Å². The second kappa shape index (κ2) is 7.14. The molecular weight excluding hydrogens is 491 g/mol. The fourth-order valence-corrected chi connectivity index (χ4v) is 5.75. The highest BCUT2D eigenvalue weighted by molar-refractivity contribution is 14.1. The van der Waals surface area contributed by atoms with Crippen molar-refractivity contribution in [2.45, 2.75) is 24.2 Å². The molecule has 0 saturated carbocycles. The van der Waals surface area contributed by atoms with Gasteiger partial charge in [-0.05, 0) is 70.0 Å². The molecule has 2 aromatic carbocycles. The molecule has 1 heterocycles. The highest BCUT2D eigenvalue weighted by atomic mass is 127. The monoisotopic (exact) mass is 508 g/mol. The summed E-state index contributed by atoms with van der Waals surface area (Å²) in [6.07, 6.45) is 3.06. The molecule has 3 aromatic rings. The van der Waals surface area contributed by atoms with Gasteiger partial charge in [-0.2, -0.15) is 0 Å². The van der Waals surface area contributed by atoms with Crippen LogP contribution in [0.4, 0.5) is 0 Å². The number of hydrogen-bond donors (Lipinski definition) is 0. The van der Waals surface area contributed by atoms with Gasteiger partial charge in [-0.3, -0.25) is 4.79 Å². The summed E-state index contributed by atoms with van der Waals surface area (Å²) in [7, 11) is -3.23. The number of halogens is 1. The first-order chi connectivity index (χ1) is 12.8. The van der Waals surface area contributed by atoms with Crippen molar-refractivity contribution in [3.8, 4) is 21.6 Å². The minimum atomic E-state index is -3.23. The zero-order chi connectivity index (χ0) is 19.2. The van der Waals surface area contributed by atoms with E-state index in [2.05, 4.69) is 46.9 Å². The lowest BCUT2D eigenvalue weighted by molar-refractivity contribution is -0.118. The molecule has 6 heteroatoms. The molecule has 1 aromatic heterocycles. The van der Waals surface area contributed by atoms with E-state index in [9.17, 15) is 13.2 Å². The van der Waals surface area contributed by atoms with E-state index < -0.39 is 9.84 Å². The SMILES string of the molecule is CS(=O)(=O)c1ccc(-c2c(-c3ccc(I)cc3)sc3c2CC(=O)CC3)cc1. The number of rotatable bonds is 3. The number of carbonyl (C=O) groups is 1. The van der Waals surface area contributed by atoms with Crippen LogP contribution < -0.4 is 0 Å². The predicted molar refractivity (Wildman–Crippen MR) is 118 cm³/mol. The number of sulfone groups is 1. The Bertz CT molecular complexity index is 1130. The molecule has 0 amide bonds. The van der Waals surface area contributed by atoms with Gasteiger partial charge in [0.05, 0.1) is 4.90 Å². The molecule has 0 unspecified atom stereocenters. The van der Waals surface area contributed by atoms with Gasteiger partial charge >= 0.3 is 0 Å². The minimum absolute atomic E-state index is 0.267. The summed E-state index contributed by atoms with van der Waals surface area (Å²) in [6.45, 7) is 0. The zero-order valence-corrected chi connectivity index (χ0v) is 18.4. The maximum absolute atomic E-state index is 12.1. The van der Waals surface area contributed by atoms with Crippen LogP contribution in [0.15, 0.2) is 53.4 Å². The van der Waals surface area contributed by atoms with E-state index in [1.54, 1.807) is 23.5 Å². The van der Waals surface area contributed by atoms with Crippen molar-refractivity contribution in [2.75, 3.05) is 6.26 Å². The number of fused-ring (bicyclic) bond motifs is 1. The van der Waals surface area contributed by atoms with Gasteiger partial charge in [-0.15, -0.1) is 11.3 Å². The summed E-state index contributed by atoms with van der Waals surface area (Å²) >= 11 is 4.04. The van der Waals surface area contributed by atoms with E-state index in [4.69, 9.17) is 0 Å². The van der Waals surface area contributed by atoms with Gasteiger partial charge in [0.15, 0.2) is 9.84 Å². The van der Waals surface area contributed by atoms with Gasteiger partial charge in [-0.1, -0.05) is 24.3 Å². The molecule has 3 nitrogen and oxygen atoms in total. The third-order valence-corrected chi connectivity index (χ3v) is 7.96. The fraction of sp³-hybridized carbons (Fsp3) is 0.190. The van der Waals surface area contributed by atoms with E-state index in [0.717, 1.165) is 33.6 Å². The van der Waals surface area contributed by atoms with Crippen LogP contribution in [0.5, 0.6) is 0 Å². The molecule has 1 aliphatic carbocycles. The van der Waals surface area contributed by atoms with Crippen LogP contribution >= 0.6 is 33.9 Å². The van der Waals surface area contributed by atoms with Gasteiger partial charge in [0.1, 0.15) is 5.78 Å². The number of aryl methyl sites for hydroxylation is 1. The normalized spacial score (nSPS) is 14.2. The first-order valence-corrected chi connectivity index (χ1v) is 12.3. The number of carbonyl (C=O) groups excluding carboxylic acids is 1. The minimum Gasteiger partial charge on any atom is -0.299 e. The molecule has 0 bridgehead atoms. The van der Waals surface area contributed by atoms with Crippen LogP contribution in [0.3, 0.4) is 0 Å². The van der Waals surface area contributed by atoms with Gasteiger partial charge in [0.2, 0.25) is 0 Å². The molecule has 0 fully saturated rings. The summed E-state index contributed by atoms with van der Waals surface area (Å²) in [5, 5.41) is 0. The highest BCUT2D eigenvalue weighted by Crippen LogP contribution is 2.45. The molecule has 0 saturated heterocycles. The van der Waals surface area contributed by atoms with E-state index in [1.807, 2.05) is 12.1 Å². The molecule has 0 spiro atoms. The summed E-state index contributed by atoms with van der Waals surface area (Å²) < 4.78 is 24.7. The van der Waals surface area contributed by atoms with Gasteiger partial charge < -0.3 is 0 Å². The Morgan fingerprint density at radius 1 is 0.926 bits per heavy atom.